The molecule has 0 aliphatic rings. The molecule has 10 nitrogen and oxygen atoms in total. The summed E-state index contributed by atoms with van der Waals surface area (Å²) in [5, 5.41) is 13.4. The van der Waals surface area contributed by atoms with Gasteiger partial charge >= 0.3 is 5.97 Å². The van der Waals surface area contributed by atoms with Crippen molar-refractivity contribution >= 4 is 44.9 Å². The number of carbonyl (C=O) groups excluding carboxylic acids is 2. The molecule has 0 bridgehead atoms. The molecule has 0 aliphatic heterocycles. The van der Waals surface area contributed by atoms with Crippen molar-refractivity contribution in [3.05, 3.63) is 63.2 Å². The number of amides is 1. The van der Waals surface area contributed by atoms with Gasteiger partial charge in [0.15, 0.2) is 6.61 Å². The summed E-state index contributed by atoms with van der Waals surface area (Å²) < 4.78 is 31.1. The maximum absolute atomic E-state index is 12.1. The van der Waals surface area contributed by atoms with E-state index in [0.717, 1.165) is 12.1 Å². The van der Waals surface area contributed by atoms with Gasteiger partial charge in [-0.2, -0.15) is 0 Å². The zero-order valence-electron chi connectivity index (χ0n) is 15.0. The molecule has 12 heteroatoms. The molecule has 29 heavy (non-hydrogen) atoms. The number of nitrogens with one attached hydrogen (secondary N) is 2. The maximum Gasteiger partial charge on any atom is 0.338 e. The Labute approximate surface area is 171 Å². The van der Waals surface area contributed by atoms with Crippen LogP contribution in [0.2, 0.25) is 5.02 Å². The molecule has 0 fully saturated rings. The number of sulfonamides is 1. The van der Waals surface area contributed by atoms with Crippen LogP contribution in [0.1, 0.15) is 17.3 Å². The Morgan fingerprint density at radius 3 is 2.59 bits per heavy atom. The lowest BCUT2D eigenvalue weighted by Gasteiger charge is -2.09. The Kier molecular flexibility index (Phi) is 7.26. The van der Waals surface area contributed by atoms with Crippen LogP contribution in [0.5, 0.6) is 0 Å². The minimum atomic E-state index is -3.77. The molecule has 2 aromatic carbocycles. The predicted octanol–water partition coefficient (Wildman–Crippen LogP) is 2.34. The molecule has 0 aliphatic carbocycles. The summed E-state index contributed by atoms with van der Waals surface area (Å²) in [4.78, 5) is 34.3. The molecule has 2 aromatic rings. The lowest BCUT2D eigenvalue weighted by molar-refractivity contribution is -0.383. The van der Waals surface area contributed by atoms with Gasteiger partial charge in [-0.25, -0.2) is 17.9 Å². The van der Waals surface area contributed by atoms with Crippen LogP contribution >= 0.6 is 11.6 Å². The van der Waals surface area contributed by atoms with Crippen LogP contribution in [0.4, 0.5) is 11.4 Å². The maximum atomic E-state index is 12.1. The molecule has 154 valence electrons. The van der Waals surface area contributed by atoms with E-state index in [-0.39, 0.29) is 27.7 Å². The third-order valence-corrected chi connectivity index (χ3v) is 5.26. The second kappa shape index (κ2) is 9.45. The number of anilines is 1. The van der Waals surface area contributed by atoms with Crippen molar-refractivity contribution in [2.75, 3.05) is 18.5 Å². The number of nitro groups is 1. The highest BCUT2D eigenvalue weighted by atomic mass is 35.5. The smallest absolute Gasteiger partial charge is 0.338 e. The monoisotopic (exact) mass is 441 g/mol. The second-order valence-corrected chi connectivity index (χ2v) is 7.78. The van der Waals surface area contributed by atoms with Crippen molar-refractivity contribution in [1.29, 1.82) is 0 Å². The summed E-state index contributed by atoms with van der Waals surface area (Å²) >= 11 is 5.70. The molecule has 0 atom stereocenters. The Bertz CT molecular complexity index is 1060. The number of hydrogen-bond acceptors (Lipinski definition) is 7. The fraction of sp³-hybridized carbons (Fsp3) is 0.176. The van der Waals surface area contributed by atoms with E-state index in [1.165, 1.54) is 30.3 Å². The largest absolute Gasteiger partial charge is 0.452 e. The molecule has 2 N–H and O–H groups in total. The van der Waals surface area contributed by atoms with E-state index in [1.54, 1.807) is 6.92 Å². The molecular weight excluding hydrogens is 426 g/mol. The van der Waals surface area contributed by atoms with Gasteiger partial charge in [-0.1, -0.05) is 24.6 Å². The third kappa shape index (κ3) is 5.98. The Morgan fingerprint density at radius 2 is 1.93 bits per heavy atom. The Morgan fingerprint density at radius 1 is 1.21 bits per heavy atom. The third-order valence-electron chi connectivity index (χ3n) is 3.48. The molecule has 0 radical (unpaired) electrons. The van der Waals surface area contributed by atoms with Crippen molar-refractivity contribution in [3.63, 3.8) is 0 Å². The molecule has 0 saturated carbocycles. The predicted molar refractivity (Wildman–Crippen MR) is 104 cm³/mol. The average Bonchev–Trinajstić information content (AvgIpc) is 2.67. The number of ether oxygens (including phenoxy) is 1. The quantitative estimate of drug-likeness (QED) is 0.363. The second-order valence-electron chi connectivity index (χ2n) is 5.57. The summed E-state index contributed by atoms with van der Waals surface area (Å²) in [5.41, 5.74) is -0.605. The first-order chi connectivity index (χ1) is 13.6. The molecule has 0 saturated heterocycles. The van der Waals surface area contributed by atoms with Crippen LogP contribution in [0.25, 0.3) is 0 Å². The number of nitro benzene ring substituents is 1. The highest BCUT2D eigenvalue weighted by Gasteiger charge is 2.19. The van der Waals surface area contributed by atoms with Gasteiger partial charge < -0.3 is 10.1 Å². The molecule has 0 spiro atoms. The first-order valence-electron chi connectivity index (χ1n) is 8.14. The first-order valence-corrected chi connectivity index (χ1v) is 10.0. The van der Waals surface area contributed by atoms with Crippen LogP contribution in [-0.2, 0) is 19.6 Å². The number of benzene rings is 2. The molecule has 2 rings (SSSR count). The number of rotatable bonds is 8. The first kappa shape index (κ1) is 22.3. The standard InChI is InChI=1S/C17H16ClN3O7S/c1-2-19-29(26,27)13-5-3-4-11(8-13)17(23)28-10-16(22)20-14-7-6-12(18)9-15(14)21(24)25/h3-9,19H,2,10H2,1H3,(H,20,22). The van der Waals surface area contributed by atoms with Crippen LogP contribution in [0, 0.1) is 10.1 Å². The molecule has 1 amide bonds. The highest BCUT2D eigenvalue weighted by Crippen LogP contribution is 2.27. The zero-order valence-corrected chi connectivity index (χ0v) is 16.6. The van der Waals surface area contributed by atoms with E-state index in [4.69, 9.17) is 16.3 Å². The van der Waals surface area contributed by atoms with E-state index in [2.05, 4.69) is 10.0 Å². The summed E-state index contributed by atoms with van der Waals surface area (Å²) in [7, 11) is -3.77. The van der Waals surface area contributed by atoms with Crippen molar-refractivity contribution in [3.8, 4) is 0 Å². The van der Waals surface area contributed by atoms with Gasteiger partial charge in [-0.15, -0.1) is 0 Å². The van der Waals surface area contributed by atoms with Crippen molar-refractivity contribution in [1.82, 2.24) is 4.72 Å². The average molecular weight is 442 g/mol. The van der Waals surface area contributed by atoms with Crippen LogP contribution in [0.3, 0.4) is 0 Å². The van der Waals surface area contributed by atoms with Gasteiger partial charge in [0.05, 0.1) is 15.4 Å². The van der Waals surface area contributed by atoms with E-state index in [0.29, 0.717) is 0 Å². The minimum Gasteiger partial charge on any atom is -0.452 e. The van der Waals surface area contributed by atoms with Crippen LogP contribution in [0.15, 0.2) is 47.4 Å². The number of carbonyl (C=O) groups is 2. The van der Waals surface area contributed by atoms with Crippen molar-refractivity contribution in [2.45, 2.75) is 11.8 Å². The number of hydrogen-bond donors (Lipinski definition) is 2. The molecule has 0 aromatic heterocycles. The Hall–Kier alpha value is -3.02. The van der Waals surface area contributed by atoms with Crippen LogP contribution in [-0.4, -0.2) is 38.4 Å². The summed E-state index contributed by atoms with van der Waals surface area (Å²) in [6.45, 7) is 1.05. The lowest BCUT2D eigenvalue weighted by Crippen LogP contribution is -2.24. The lowest BCUT2D eigenvalue weighted by atomic mass is 10.2. The SMILES string of the molecule is CCNS(=O)(=O)c1cccc(C(=O)OCC(=O)Nc2ccc(Cl)cc2[N+](=O)[O-])c1. The summed E-state index contributed by atoms with van der Waals surface area (Å²) in [6.07, 6.45) is 0. The van der Waals surface area contributed by atoms with Gasteiger partial charge in [-0.05, 0) is 30.3 Å². The Balaban J connectivity index is 2.05. The number of nitrogens with zero attached hydrogens (tertiary/aromatic N) is 1. The van der Waals surface area contributed by atoms with Gasteiger partial charge in [-0.3, -0.25) is 14.9 Å². The molecular formula is C17H16ClN3O7S. The van der Waals surface area contributed by atoms with Gasteiger partial charge in [0.2, 0.25) is 10.0 Å². The minimum absolute atomic E-state index is 0.0748. The molecule has 0 heterocycles. The van der Waals surface area contributed by atoms with Gasteiger partial charge in [0.25, 0.3) is 11.6 Å². The summed E-state index contributed by atoms with van der Waals surface area (Å²) in [6, 6.07) is 8.78. The topological polar surface area (TPSA) is 145 Å². The van der Waals surface area contributed by atoms with Gasteiger partial charge in [0, 0.05) is 17.6 Å². The van der Waals surface area contributed by atoms with Gasteiger partial charge in [0.1, 0.15) is 5.69 Å². The fourth-order valence-corrected chi connectivity index (χ4v) is 3.48. The summed E-state index contributed by atoms with van der Waals surface area (Å²) in [5.74, 6) is -1.75. The highest BCUT2D eigenvalue weighted by molar-refractivity contribution is 7.89. The molecule has 0 unspecified atom stereocenters. The number of esters is 1. The van der Waals surface area contributed by atoms with E-state index < -0.39 is 39.1 Å². The van der Waals surface area contributed by atoms with Crippen LogP contribution < -0.4 is 10.0 Å². The fourth-order valence-electron chi connectivity index (χ4n) is 2.23. The van der Waals surface area contributed by atoms with Crippen molar-refractivity contribution < 1.29 is 27.7 Å². The van der Waals surface area contributed by atoms with E-state index in [1.807, 2.05) is 0 Å². The zero-order chi connectivity index (χ0) is 21.6. The van der Waals surface area contributed by atoms with E-state index >= 15 is 0 Å². The van der Waals surface area contributed by atoms with Crippen molar-refractivity contribution in [2.24, 2.45) is 0 Å². The van der Waals surface area contributed by atoms with E-state index in [9.17, 15) is 28.1 Å². The number of halogens is 1. The normalized spacial score (nSPS) is 11.0.